The topological polar surface area (TPSA) is 75.4 Å². The van der Waals surface area contributed by atoms with Crippen LogP contribution in [-0.2, 0) is 11.2 Å². The minimum absolute atomic E-state index is 0.258. The number of amides is 1. The summed E-state index contributed by atoms with van der Waals surface area (Å²) >= 11 is 0. The van der Waals surface area contributed by atoms with Crippen molar-refractivity contribution in [2.75, 3.05) is 5.32 Å². The molecule has 0 unspecified atom stereocenters. The van der Waals surface area contributed by atoms with E-state index < -0.39 is 23.5 Å². The van der Waals surface area contributed by atoms with Crippen molar-refractivity contribution in [2.24, 2.45) is 5.73 Å². The fourth-order valence-corrected chi connectivity index (χ4v) is 1.78. The van der Waals surface area contributed by atoms with Crippen LogP contribution in [0.4, 0.5) is 10.1 Å². The zero-order chi connectivity index (χ0) is 14.5. The summed E-state index contributed by atoms with van der Waals surface area (Å²) in [6, 6.07) is 12.3. The Morgan fingerprint density at radius 2 is 1.95 bits per heavy atom. The summed E-state index contributed by atoms with van der Waals surface area (Å²) in [6.07, 6.45) is 0.396. The number of rotatable bonds is 4. The number of aromatic hydroxyl groups is 1. The van der Waals surface area contributed by atoms with E-state index >= 15 is 0 Å². The van der Waals surface area contributed by atoms with Crippen LogP contribution in [0.3, 0.4) is 0 Å². The normalized spacial score (nSPS) is 11.9. The molecule has 0 aliphatic heterocycles. The quantitative estimate of drug-likeness (QED) is 0.747. The number of nitrogens with one attached hydrogen (secondary N) is 1. The molecule has 5 heteroatoms. The Labute approximate surface area is 116 Å². The lowest BCUT2D eigenvalue weighted by molar-refractivity contribution is -0.117. The van der Waals surface area contributed by atoms with Crippen molar-refractivity contribution in [3.8, 4) is 5.75 Å². The first-order valence-electron chi connectivity index (χ1n) is 6.15. The van der Waals surface area contributed by atoms with Gasteiger partial charge in [0, 0.05) is 11.8 Å². The maximum atomic E-state index is 13.1. The Balaban J connectivity index is 1.99. The van der Waals surface area contributed by atoms with Gasteiger partial charge in [-0.1, -0.05) is 30.3 Å². The average Bonchev–Trinajstić information content (AvgIpc) is 2.44. The monoisotopic (exact) mass is 274 g/mol. The third-order valence-electron chi connectivity index (χ3n) is 2.85. The molecule has 0 aliphatic rings. The van der Waals surface area contributed by atoms with Gasteiger partial charge in [0.25, 0.3) is 0 Å². The highest BCUT2D eigenvalue weighted by Gasteiger charge is 2.14. The molecule has 4 N–H and O–H groups in total. The van der Waals surface area contributed by atoms with Crippen LogP contribution in [0.25, 0.3) is 0 Å². The molecule has 2 rings (SSSR count). The number of benzene rings is 2. The number of carbonyl (C=O) groups is 1. The fourth-order valence-electron chi connectivity index (χ4n) is 1.78. The van der Waals surface area contributed by atoms with Gasteiger partial charge in [-0.15, -0.1) is 0 Å². The van der Waals surface area contributed by atoms with E-state index in [1.54, 1.807) is 0 Å². The fraction of sp³-hybridized carbons (Fsp3) is 0.133. The summed E-state index contributed by atoms with van der Waals surface area (Å²) in [7, 11) is 0. The SMILES string of the molecule is N[C@H](Cc1ccccc1)C(=O)Nc1ccc(O)c(F)c1. The van der Waals surface area contributed by atoms with Crippen LogP contribution >= 0.6 is 0 Å². The number of anilines is 1. The molecule has 0 spiro atoms. The number of phenolic OH excluding ortho intramolecular Hbond substituents is 1. The number of nitrogens with two attached hydrogens (primary N) is 1. The van der Waals surface area contributed by atoms with Crippen molar-refractivity contribution >= 4 is 11.6 Å². The first-order valence-corrected chi connectivity index (χ1v) is 6.15. The van der Waals surface area contributed by atoms with E-state index in [4.69, 9.17) is 10.8 Å². The summed E-state index contributed by atoms with van der Waals surface area (Å²) in [5.74, 6) is -1.66. The molecule has 0 aromatic heterocycles. The summed E-state index contributed by atoms with van der Waals surface area (Å²) in [4.78, 5) is 11.9. The zero-order valence-corrected chi connectivity index (χ0v) is 10.7. The van der Waals surface area contributed by atoms with Gasteiger partial charge in [-0.2, -0.15) is 0 Å². The molecule has 2 aromatic rings. The smallest absolute Gasteiger partial charge is 0.241 e. The van der Waals surface area contributed by atoms with Gasteiger partial charge >= 0.3 is 0 Å². The predicted octanol–water partition coefficient (Wildman–Crippen LogP) is 2.04. The van der Waals surface area contributed by atoms with Crippen molar-refractivity contribution in [3.63, 3.8) is 0 Å². The number of halogens is 1. The lowest BCUT2D eigenvalue weighted by Crippen LogP contribution is -2.37. The van der Waals surface area contributed by atoms with Gasteiger partial charge in [0.1, 0.15) is 0 Å². The number of hydrogen-bond acceptors (Lipinski definition) is 3. The Kier molecular flexibility index (Phi) is 4.32. The Hall–Kier alpha value is -2.40. The Bertz CT molecular complexity index is 602. The summed E-state index contributed by atoms with van der Waals surface area (Å²) in [5, 5.41) is 11.6. The average molecular weight is 274 g/mol. The molecule has 4 nitrogen and oxygen atoms in total. The van der Waals surface area contributed by atoms with Crippen molar-refractivity contribution in [1.29, 1.82) is 0 Å². The molecule has 1 atom stereocenters. The molecule has 0 saturated carbocycles. The second-order valence-electron chi connectivity index (χ2n) is 4.45. The van der Waals surface area contributed by atoms with Crippen LogP contribution in [0.2, 0.25) is 0 Å². The van der Waals surface area contributed by atoms with Gasteiger partial charge in [0.2, 0.25) is 5.91 Å². The second-order valence-corrected chi connectivity index (χ2v) is 4.45. The molecular weight excluding hydrogens is 259 g/mol. The minimum atomic E-state index is -0.792. The third kappa shape index (κ3) is 3.55. The Morgan fingerprint density at radius 1 is 1.25 bits per heavy atom. The largest absolute Gasteiger partial charge is 0.505 e. The van der Waals surface area contributed by atoms with E-state index in [-0.39, 0.29) is 5.69 Å². The van der Waals surface area contributed by atoms with Crippen molar-refractivity contribution in [3.05, 3.63) is 59.9 Å². The van der Waals surface area contributed by atoms with Gasteiger partial charge in [0.05, 0.1) is 6.04 Å². The molecule has 2 aromatic carbocycles. The first kappa shape index (κ1) is 14.0. The molecule has 0 radical (unpaired) electrons. The lowest BCUT2D eigenvalue weighted by Gasteiger charge is -2.12. The van der Waals surface area contributed by atoms with Crippen LogP contribution in [0.5, 0.6) is 5.75 Å². The van der Waals surface area contributed by atoms with Gasteiger partial charge < -0.3 is 16.2 Å². The van der Waals surface area contributed by atoms with Crippen LogP contribution < -0.4 is 11.1 Å². The number of hydrogen-bond donors (Lipinski definition) is 3. The zero-order valence-electron chi connectivity index (χ0n) is 10.7. The molecule has 0 saturated heterocycles. The maximum Gasteiger partial charge on any atom is 0.241 e. The van der Waals surface area contributed by atoms with Gasteiger partial charge in [-0.05, 0) is 24.1 Å². The van der Waals surface area contributed by atoms with Gasteiger partial charge in [-0.25, -0.2) is 4.39 Å². The highest BCUT2D eigenvalue weighted by atomic mass is 19.1. The summed E-state index contributed by atoms with van der Waals surface area (Å²) in [6.45, 7) is 0. The molecule has 104 valence electrons. The van der Waals surface area contributed by atoms with E-state index in [1.807, 2.05) is 30.3 Å². The van der Waals surface area contributed by atoms with Crippen molar-refractivity contribution in [2.45, 2.75) is 12.5 Å². The van der Waals surface area contributed by atoms with Crippen molar-refractivity contribution < 1.29 is 14.3 Å². The Morgan fingerprint density at radius 3 is 2.60 bits per heavy atom. The van der Waals surface area contributed by atoms with Gasteiger partial charge in [-0.3, -0.25) is 4.79 Å². The number of carbonyl (C=O) groups excluding carboxylic acids is 1. The molecular formula is C15H15FN2O2. The second kappa shape index (κ2) is 6.16. The van der Waals surface area contributed by atoms with Crippen LogP contribution in [-0.4, -0.2) is 17.1 Å². The predicted molar refractivity (Wildman–Crippen MR) is 74.8 cm³/mol. The van der Waals surface area contributed by atoms with Crippen LogP contribution in [0.15, 0.2) is 48.5 Å². The summed E-state index contributed by atoms with van der Waals surface area (Å²) in [5.41, 5.74) is 7.02. The molecule has 0 fully saturated rings. The molecule has 0 heterocycles. The van der Waals surface area contributed by atoms with E-state index in [2.05, 4.69) is 5.32 Å². The molecule has 0 aliphatic carbocycles. The minimum Gasteiger partial charge on any atom is -0.505 e. The number of phenols is 1. The highest BCUT2D eigenvalue weighted by Crippen LogP contribution is 2.19. The molecule has 20 heavy (non-hydrogen) atoms. The lowest BCUT2D eigenvalue weighted by atomic mass is 10.1. The third-order valence-corrected chi connectivity index (χ3v) is 2.85. The van der Waals surface area contributed by atoms with E-state index in [0.29, 0.717) is 6.42 Å². The summed E-state index contributed by atoms with van der Waals surface area (Å²) < 4.78 is 13.1. The van der Waals surface area contributed by atoms with E-state index in [9.17, 15) is 9.18 Å². The standard InChI is InChI=1S/C15H15FN2O2/c16-12-9-11(6-7-14(12)19)18-15(20)13(17)8-10-4-2-1-3-5-10/h1-7,9,13,19H,8,17H2,(H,18,20)/t13-/m1/s1. The van der Waals surface area contributed by atoms with Crippen LogP contribution in [0, 0.1) is 5.82 Å². The van der Waals surface area contributed by atoms with Gasteiger partial charge in [0.15, 0.2) is 11.6 Å². The maximum absolute atomic E-state index is 13.1. The van der Waals surface area contributed by atoms with E-state index in [0.717, 1.165) is 11.6 Å². The molecule has 0 bridgehead atoms. The first-order chi connectivity index (χ1) is 9.56. The highest BCUT2D eigenvalue weighted by molar-refractivity contribution is 5.94. The van der Waals surface area contributed by atoms with Crippen LogP contribution in [0.1, 0.15) is 5.56 Å². The molecule has 1 amide bonds. The van der Waals surface area contributed by atoms with Crippen molar-refractivity contribution in [1.82, 2.24) is 0 Å². The van der Waals surface area contributed by atoms with E-state index in [1.165, 1.54) is 12.1 Å².